The third-order valence-electron chi connectivity index (χ3n) is 4.25. The fourth-order valence-corrected chi connectivity index (χ4v) is 2.99. The van der Waals surface area contributed by atoms with Crippen LogP contribution in [0, 0.1) is 5.82 Å². The highest BCUT2D eigenvalue weighted by Gasteiger charge is 2.04. The molecule has 3 aromatic carbocycles. The second kappa shape index (κ2) is 10.3. The zero-order valence-corrected chi connectivity index (χ0v) is 16.6. The van der Waals surface area contributed by atoms with E-state index in [0.29, 0.717) is 18.1 Å². The SMILES string of the molecule is O=C(Cc1ccccc1)Nc1ccc(NC(=S)NCCc2ccc(F)cc2)cc1. The van der Waals surface area contributed by atoms with Crippen molar-refractivity contribution < 1.29 is 9.18 Å². The van der Waals surface area contributed by atoms with Gasteiger partial charge < -0.3 is 16.0 Å². The number of anilines is 2. The third kappa shape index (κ3) is 7.01. The minimum atomic E-state index is -0.237. The van der Waals surface area contributed by atoms with Crippen molar-refractivity contribution in [2.24, 2.45) is 0 Å². The number of thiocarbonyl (C=S) groups is 1. The van der Waals surface area contributed by atoms with Crippen LogP contribution in [-0.2, 0) is 17.6 Å². The Morgan fingerprint density at radius 2 is 1.41 bits per heavy atom. The van der Waals surface area contributed by atoms with Gasteiger partial charge in [-0.05, 0) is 66.2 Å². The van der Waals surface area contributed by atoms with Crippen LogP contribution in [0.5, 0.6) is 0 Å². The fourth-order valence-electron chi connectivity index (χ4n) is 2.77. The van der Waals surface area contributed by atoms with Crippen LogP contribution >= 0.6 is 12.2 Å². The van der Waals surface area contributed by atoms with Gasteiger partial charge in [-0.1, -0.05) is 42.5 Å². The molecule has 0 aliphatic carbocycles. The van der Waals surface area contributed by atoms with Gasteiger partial charge in [-0.2, -0.15) is 0 Å². The summed E-state index contributed by atoms with van der Waals surface area (Å²) in [4.78, 5) is 12.1. The molecule has 6 heteroatoms. The average molecular weight is 408 g/mol. The molecule has 3 N–H and O–H groups in total. The first-order valence-corrected chi connectivity index (χ1v) is 9.72. The van der Waals surface area contributed by atoms with Crippen molar-refractivity contribution in [1.82, 2.24) is 5.32 Å². The molecule has 0 fully saturated rings. The van der Waals surface area contributed by atoms with Crippen molar-refractivity contribution in [3.63, 3.8) is 0 Å². The predicted molar refractivity (Wildman–Crippen MR) is 120 cm³/mol. The second-order valence-electron chi connectivity index (χ2n) is 6.55. The molecule has 0 saturated heterocycles. The highest BCUT2D eigenvalue weighted by atomic mass is 32.1. The van der Waals surface area contributed by atoms with Crippen LogP contribution in [0.15, 0.2) is 78.9 Å². The molecule has 0 aliphatic rings. The van der Waals surface area contributed by atoms with Crippen LogP contribution in [0.2, 0.25) is 0 Å². The summed E-state index contributed by atoms with van der Waals surface area (Å²) < 4.78 is 12.9. The van der Waals surface area contributed by atoms with Gasteiger partial charge in [0.05, 0.1) is 6.42 Å². The summed E-state index contributed by atoms with van der Waals surface area (Å²) in [6.45, 7) is 0.644. The summed E-state index contributed by atoms with van der Waals surface area (Å²) in [5.41, 5.74) is 3.56. The smallest absolute Gasteiger partial charge is 0.228 e. The van der Waals surface area contributed by atoms with E-state index in [4.69, 9.17) is 12.2 Å². The summed E-state index contributed by atoms with van der Waals surface area (Å²) in [7, 11) is 0. The molecule has 0 aliphatic heterocycles. The van der Waals surface area contributed by atoms with E-state index in [0.717, 1.165) is 28.9 Å². The summed E-state index contributed by atoms with van der Waals surface area (Å²) in [6, 6.07) is 23.4. The molecule has 1 amide bonds. The molecule has 3 rings (SSSR count). The molecule has 0 atom stereocenters. The Kier molecular flexibility index (Phi) is 7.30. The van der Waals surface area contributed by atoms with E-state index in [9.17, 15) is 9.18 Å². The van der Waals surface area contributed by atoms with E-state index in [1.165, 1.54) is 12.1 Å². The number of hydrogen-bond acceptors (Lipinski definition) is 2. The molecule has 148 valence electrons. The van der Waals surface area contributed by atoms with E-state index < -0.39 is 0 Å². The Morgan fingerprint density at radius 1 is 0.793 bits per heavy atom. The maximum Gasteiger partial charge on any atom is 0.228 e. The molecule has 0 heterocycles. The van der Waals surface area contributed by atoms with Gasteiger partial charge in [0.25, 0.3) is 0 Å². The zero-order chi connectivity index (χ0) is 20.5. The van der Waals surface area contributed by atoms with E-state index in [1.54, 1.807) is 12.1 Å². The number of nitrogens with one attached hydrogen (secondary N) is 3. The van der Waals surface area contributed by atoms with E-state index in [2.05, 4.69) is 16.0 Å². The van der Waals surface area contributed by atoms with Crippen molar-refractivity contribution in [3.05, 3.63) is 95.8 Å². The molecule has 0 saturated carbocycles. The summed E-state index contributed by atoms with van der Waals surface area (Å²) >= 11 is 5.30. The predicted octanol–water partition coefficient (Wildman–Crippen LogP) is 4.54. The highest BCUT2D eigenvalue weighted by molar-refractivity contribution is 7.80. The lowest BCUT2D eigenvalue weighted by molar-refractivity contribution is -0.115. The molecule has 0 aromatic heterocycles. The third-order valence-corrected chi connectivity index (χ3v) is 4.49. The van der Waals surface area contributed by atoms with Crippen molar-refractivity contribution in [3.8, 4) is 0 Å². The maximum atomic E-state index is 12.9. The van der Waals surface area contributed by atoms with E-state index in [1.807, 2.05) is 54.6 Å². The highest BCUT2D eigenvalue weighted by Crippen LogP contribution is 2.14. The molecule has 0 bridgehead atoms. The lowest BCUT2D eigenvalue weighted by Gasteiger charge is -2.11. The molecule has 0 radical (unpaired) electrons. The van der Waals surface area contributed by atoms with Crippen LogP contribution in [0.1, 0.15) is 11.1 Å². The number of halogens is 1. The van der Waals surface area contributed by atoms with E-state index >= 15 is 0 Å². The van der Waals surface area contributed by atoms with Crippen LogP contribution in [0.25, 0.3) is 0 Å². The van der Waals surface area contributed by atoms with Crippen LogP contribution < -0.4 is 16.0 Å². The average Bonchev–Trinajstić information content (AvgIpc) is 2.72. The number of carbonyl (C=O) groups is 1. The minimum Gasteiger partial charge on any atom is -0.362 e. The quantitative estimate of drug-likeness (QED) is 0.504. The lowest BCUT2D eigenvalue weighted by atomic mass is 10.1. The Morgan fingerprint density at radius 3 is 2.07 bits per heavy atom. The number of rotatable bonds is 7. The molecule has 0 unspecified atom stereocenters. The van der Waals surface area contributed by atoms with Crippen molar-refractivity contribution in [2.75, 3.05) is 17.2 Å². The van der Waals surface area contributed by atoms with E-state index in [-0.39, 0.29) is 11.7 Å². The molecule has 3 aromatic rings. The van der Waals surface area contributed by atoms with Crippen LogP contribution in [0.3, 0.4) is 0 Å². The van der Waals surface area contributed by atoms with Gasteiger partial charge >= 0.3 is 0 Å². The van der Waals surface area contributed by atoms with Crippen molar-refractivity contribution >= 4 is 34.6 Å². The Balaban J connectivity index is 1.41. The van der Waals surface area contributed by atoms with Crippen LogP contribution in [0.4, 0.5) is 15.8 Å². The van der Waals surface area contributed by atoms with Gasteiger partial charge in [-0.25, -0.2) is 4.39 Å². The summed E-state index contributed by atoms with van der Waals surface area (Å²) in [5.74, 6) is -0.298. The molecule has 4 nitrogen and oxygen atoms in total. The maximum absolute atomic E-state index is 12.9. The number of hydrogen-bond donors (Lipinski definition) is 3. The molecular weight excluding hydrogens is 385 g/mol. The van der Waals surface area contributed by atoms with Gasteiger partial charge in [0.2, 0.25) is 5.91 Å². The Bertz CT molecular complexity index is 944. The summed E-state index contributed by atoms with van der Waals surface area (Å²) in [5, 5.41) is 9.62. The molecule has 29 heavy (non-hydrogen) atoms. The lowest BCUT2D eigenvalue weighted by Crippen LogP contribution is -2.30. The minimum absolute atomic E-state index is 0.0603. The zero-order valence-electron chi connectivity index (χ0n) is 15.8. The summed E-state index contributed by atoms with van der Waals surface area (Å²) in [6.07, 6.45) is 1.08. The number of carbonyl (C=O) groups excluding carboxylic acids is 1. The second-order valence-corrected chi connectivity index (χ2v) is 6.95. The first-order chi connectivity index (χ1) is 14.1. The molecular formula is C23H22FN3OS. The van der Waals surface area contributed by atoms with Gasteiger partial charge in [-0.3, -0.25) is 4.79 Å². The first kappa shape index (κ1) is 20.5. The van der Waals surface area contributed by atoms with Gasteiger partial charge in [0, 0.05) is 17.9 Å². The van der Waals surface area contributed by atoms with Crippen LogP contribution in [-0.4, -0.2) is 17.6 Å². The Labute approximate surface area is 175 Å². The van der Waals surface area contributed by atoms with Gasteiger partial charge in [0.1, 0.15) is 5.82 Å². The topological polar surface area (TPSA) is 53.2 Å². The van der Waals surface area contributed by atoms with Crippen molar-refractivity contribution in [1.29, 1.82) is 0 Å². The largest absolute Gasteiger partial charge is 0.362 e. The molecule has 0 spiro atoms. The standard InChI is InChI=1S/C23H22FN3OS/c24-19-8-6-17(7-9-19)14-15-25-23(29)27-21-12-10-20(11-13-21)26-22(28)16-18-4-2-1-3-5-18/h1-13H,14-16H2,(H,26,28)(H2,25,27,29). The Hall–Kier alpha value is -3.25. The number of benzene rings is 3. The fraction of sp³-hybridized carbons (Fsp3) is 0.130. The first-order valence-electron chi connectivity index (χ1n) is 9.31. The monoisotopic (exact) mass is 407 g/mol. The van der Waals surface area contributed by atoms with Gasteiger partial charge in [0.15, 0.2) is 5.11 Å². The normalized spacial score (nSPS) is 10.2. The van der Waals surface area contributed by atoms with Crippen molar-refractivity contribution in [2.45, 2.75) is 12.8 Å². The number of amides is 1. The van der Waals surface area contributed by atoms with Gasteiger partial charge in [-0.15, -0.1) is 0 Å².